The predicted octanol–water partition coefficient (Wildman–Crippen LogP) is 0.811. The van der Waals surface area contributed by atoms with Crippen molar-refractivity contribution in [3.8, 4) is 0 Å². The van der Waals surface area contributed by atoms with Crippen LogP contribution in [0, 0.1) is 0 Å². The Kier molecular flexibility index (Phi) is 7.00. The molecule has 1 aromatic rings. The van der Waals surface area contributed by atoms with E-state index in [4.69, 9.17) is 22.7 Å². The smallest absolute Gasteiger partial charge is 0.242 e. The fourth-order valence-corrected chi connectivity index (χ4v) is 2.66. The normalized spacial score (nSPS) is 11.4. The average molecular weight is 317 g/mol. The summed E-state index contributed by atoms with van der Waals surface area (Å²) in [6, 6.07) is 2.93. The number of methoxy groups -OCH3 is 1. The van der Waals surface area contributed by atoms with Gasteiger partial charge >= 0.3 is 0 Å². The van der Waals surface area contributed by atoms with Gasteiger partial charge in [-0.15, -0.1) is 0 Å². The molecule has 0 aliphatic carbocycles. The number of ether oxygens (including phenoxy) is 1. The Morgan fingerprint density at radius 1 is 1.40 bits per heavy atom. The molecule has 0 amide bonds. The lowest BCUT2D eigenvalue weighted by atomic mass is 10.2. The maximum absolute atomic E-state index is 12.0. The molecule has 1 rings (SSSR count). The molecule has 8 heteroatoms. The third kappa shape index (κ3) is 5.49. The van der Waals surface area contributed by atoms with Gasteiger partial charge in [0.15, 0.2) is 0 Å². The second-order valence-electron chi connectivity index (χ2n) is 4.19. The van der Waals surface area contributed by atoms with E-state index in [1.807, 2.05) is 0 Å². The standard InChI is InChI=1S/C12H19N3O3S2/c1-18-8-4-2-3-7-15-20(16,17)10-5-6-11(12(13)19)14-9-10/h5-6,9,15H,2-4,7-8H2,1H3,(H2,13,19). The number of sulfonamides is 1. The summed E-state index contributed by atoms with van der Waals surface area (Å²) in [7, 11) is -1.88. The van der Waals surface area contributed by atoms with Crippen molar-refractivity contribution in [2.45, 2.75) is 24.2 Å². The van der Waals surface area contributed by atoms with E-state index in [-0.39, 0.29) is 9.88 Å². The minimum absolute atomic E-state index is 0.106. The van der Waals surface area contributed by atoms with E-state index in [1.165, 1.54) is 18.3 Å². The summed E-state index contributed by atoms with van der Waals surface area (Å²) in [6.07, 6.45) is 3.85. The number of nitrogens with zero attached hydrogens (tertiary/aromatic N) is 1. The summed E-state index contributed by atoms with van der Waals surface area (Å²) < 4.78 is 31.4. The van der Waals surface area contributed by atoms with E-state index in [9.17, 15) is 8.42 Å². The summed E-state index contributed by atoms with van der Waals surface area (Å²) >= 11 is 4.76. The summed E-state index contributed by atoms with van der Waals surface area (Å²) in [5.74, 6) is 0. The predicted molar refractivity (Wildman–Crippen MR) is 81.0 cm³/mol. The number of hydrogen-bond donors (Lipinski definition) is 2. The Hall–Kier alpha value is -1.09. The summed E-state index contributed by atoms with van der Waals surface area (Å²) in [4.78, 5) is 4.16. The van der Waals surface area contributed by atoms with Gasteiger partial charge in [-0.25, -0.2) is 13.1 Å². The second-order valence-corrected chi connectivity index (χ2v) is 6.40. The van der Waals surface area contributed by atoms with Gasteiger partial charge in [0.25, 0.3) is 0 Å². The van der Waals surface area contributed by atoms with Crippen LogP contribution in [0.15, 0.2) is 23.2 Å². The Bertz CT molecular complexity index is 529. The van der Waals surface area contributed by atoms with Crippen LogP contribution >= 0.6 is 12.2 Å². The fourth-order valence-electron chi connectivity index (χ4n) is 1.52. The molecule has 0 radical (unpaired) electrons. The quantitative estimate of drug-likeness (QED) is 0.517. The third-order valence-corrected chi connectivity index (χ3v) is 4.27. The molecule has 0 bridgehead atoms. The number of hydrogen-bond acceptors (Lipinski definition) is 5. The first-order valence-electron chi connectivity index (χ1n) is 6.22. The van der Waals surface area contributed by atoms with Crippen LogP contribution in [0.5, 0.6) is 0 Å². The van der Waals surface area contributed by atoms with Crippen molar-refractivity contribution in [2.24, 2.45) is 5.73 Å². The highest BCUT2D eigenvalue weighted by Crippen LogP contribution is 2.08. The highest BCUT2D eigenvalue weighted by Gasteiger charge is 2.13. The fraction of sp³-hybridized carbons (Fsp3) is 0.500. The van der Waals surface area contributed by atoms with Gasteiger partial charge in [0.05, 0.1) is 5.69 Å². The molecule has 6 nitrogen and oxygen atoms in total. The number of rotatable bonds is 9. The lowest BCUT2D eigenvalue weighted by Crippen LogP contribution is -2.25. The van der Waals surface area contributed by atoms with Crippen molar-refractivity contribution in [1.82, 2.24) is 9.71 Å². The van der Waals surface area contributed by atoms with Crippen LogP contribution in [-0.2, 0) is 14.8 Å². The molecular formula is C12H19N3O3S2. The maximum atomic E-state index is 12.0. The Labute approximate surface area is 124 Å². The first kappa shape index (κ1) is 17.0. The van der Waals surface area contributed by atoms with Crippen molar-refractivity contribution >= 4 is 27.2 Å². The van der Waals surface area contributed by atoms with Crippen molar-refractivity contribution in [3.05, 3.63) is 24.0 Å². The number of nitrogens with one attached hydrogen (secondary N) is 1. The van der Waals surface area contributed by atoms with Crippen LogP contribution in [0.2, 0.25) is 0 Å². The molecule has 0 saturated carbocycles. The van der Waals surface area contributed by atoms with E-state index < -0.39 is 10.0 Å². The van der Waals surface area contributed by atoms with Crippen LogP contribution in [0.3, 0.4) is 0 Å². The number of unbranched alkanes of at least 4 members (excludes halogenated alkanes) is 2. The highest BCUT2D eigenvalue weighted by atomic mass is 32.2. The average Bonchev–Trinajstić information content (AvgIpc) is 2.43. The van der Waals surface area contributed by atoms with Gasteiger partial charge in [-0.05, 0) is 31.4 Å². The molecule has 0 aromatic carbocycles. The lowest BCUT2D eigenvalue weighted by Gasteiger charge is -2.07. The van der Waals surface area contributed by atoms with E-state index in [1.54, 1.807) is 7.11 Å². The van der Waals surface area contributed by atoms with Gasteiger partial charge in [-0.3, -0.25) is 4.98 Å². The Morgan fingerprint density at radius 2 is 2.15 bits per heavy atom. The van der Waals surface area contributed by atoms with Crippen LogP contribution in [0.1, 0.15) is 25.0 Å². The number of pyridine rings is 1. The van der Waals surface area contributed by atoms with Gasteiger partial charge in [0.1, 0.15) is 9.88 Å². The van der Waals surface area contributed by atoms with E-state index in [0.29, 0.717) is 18.8 Å². The molecule has 20 heavy (non-hydrogen) atoms. The molecule has 0 saturated heterocycles. The summed E-state index contributed by atoms with van der Waals surface area (Å²) in [6.45, 7) is 1.08. The van der Waals surface area contributed by atoms with Crippen LogP contribution < -0.4 is 10.5 Å². The van der Waals surface area contributed by atoms with Gasteiger partial charge < -0.3 is 10.5 Å². The minimum atomic E-state index is -3.52. The zero-order chi connectivity index (χ0) is 15.0. The SMILES string of the molecule is COCCCCCNS(=O)(=O)c1ccc(C(N)=S)nc1. The summed E-state index contributed by atoms with van der Waals surface area (Å²) in [5.41, 5.74) is 5.81. The van der Waals surface area contributed by atoms with Crippen molar-refractivity contribution < 1.29 is 13.2 Å². The largest absolute Gasteiger partial charge is 0.388 e. The molecule has 112 valence electrons. The lowest BCUT2D eigenvalue weighted by molar-refractivity contribution is 0.192. The highest BCUT2D eigenvalue weighted by molar-refractivity contribution is 7.89. The molecule has 0 spiro atoms. The number of aromatic nitrogens is 1. The van der Waals surface area contributed by atoms with Crippen LogP contribution in [0.4, 0.5) is 0 Å². The molecule has 0 aliphatic heterocycles. The molecule has 0 aliphatic rings. The van der Waals surface area contributed by atoms with Gasteiger partial charge in [-0.1, -0.05) is 12.2 Å². The molecule has 0 fully saturated rings. The van der Waals surface area contributed by atoms with Crippen molar-refractivity contribution in [3.63, 3.8) is 0 Å². The number of nitrogens with two attached hydrogens (primary N) is 1. The Balaban J connectivity index is 2.49. The third-order valence-electron chi connectivity index (χ3n) is 2.62. The second kappa shape index (κ2) is 8.25. The molecule has 0 atom stereocenters. The molecule has 1 heterocycles. The van der Waals surface area contributed by atoms with Gasteiger partial charge in [0.2, 0.25) is 10.0 Å². The zero-order valence-corrected chi connectivity index (χ0v) is 13.0. The van der Waals surface area contributed by atoms with E-state index >= 15 is 0 Å². The van der Waals surface area contributed by atoms with Crippen molar-refractivity contribution in [1.29, 1.82) is 0 Å². The van der Waals surface area contributed by atoms with Crippen LogP contribution in [0.25, 0.3) is 0 Å². The number of thiocarbonyl (C=S) groups is 1. The summed E-state index contributed by atoms with van der Waals surface area (Å²) in [5, 5.41) is 0. The van der Waals surface area contributed by atoms with Crippen LogP contribution in [-0.4, -0.2) is 38.7 Å². The van der Waals surface area contributed by atoms with Gasteiger partial charge in [0, 0.05) is 26.5 Å². The maximum Gasteiger partial charge on any atom is 0.242 e. The first-order chi connectivity index (χ1) is 9.47. The first-order valence-corrected chi connectivity index (χ1v) is 8.11. The van der Waals surface area contributed by atoms with Gasteiger partial charge in [-0.2, -0.15) is 0 Å². The Morgan fingerprint density at radius 3 is 2.70 bits per heavy atom. The molecule has 0 unspecified atom stereocenters. The molecule has 1 aromatic heterocycles. The van der Waals surface area contributed by atoms with Crippen molar-refractivity contribution in [2.75, 3.05) is 20.3 Å². The molecule has 3 N–H and O–H groups in total. The topological polar surface area (TPSA) is 94.3 Å². The molecular weight excluding hydrogens is 298 g/mol. The monoisotopic (exact) mass is 317 g/mol. The minimum Gasteiger partial charge on any atom is -0.388 e. The zero-order valence-electron chi connectivity index (χ0n) is 11.3. The van der Waals surface area contributed by atoms with E-state index in [2.05, 4.69) is 9.71 Å². The van der Waals surface area contributed by atoms with E-state index in [0.717, 1.165) is 19.3 Å².